The van der Waals surface area contributed by atoms with Crippen LogP contribution in [0.4, 0.5) is 0 Å². The Balaban J connectivity index is 2.69. The predicted molar refractivity (Wildman–Crippen MR) is 69.5 cm³/mol. The highest BCUT2D eigenvalue weighted by molar-refractivity contribution is 7.10. The summed E-state index contributed by atoms with van der Waals surface area (Å²) in [4.78, 5) is 4.16. The van der Waals surface area contributed by atoms with Crippen LogP contribution in [0.1, 0.15) is 51.0 Å². The third-order valence-corrected chi connectivity index (χ3v) is 3.69. The molecule has 0 radical (unpaired) electrons. The van der Waals surface area contributed by atoms with E-state index >= 15 is 0 Å². The van der Waals surface area contributed by atoms with Crippen LogP contribution in [0.2, 0.25) is 0 Å². The van der Waals surface area contributed by atoms with Gasteiger partial charge in [-0.15, -0.1) is 11.3 Å². The van der Waals surface area contributed by atoms with E-state index in [9.17, 15) is 0 Å². The minimum atomic E-state index is 0.643. The second-order valence-electron chi connectivity index (χ2n) is 3.98. The van der Waals surface area contributed by atoms with Crippen molar-refractivity contribution >= 4 is 11.3 Å². The Kier molecular flexibility index (Phi) is 5.96. The first kappa shape index (κ1) is 12.7. The topological polar surface area (TPSA) is 3.24 Å². The lowest BCUT2D eigenvalue weighted by molar-refractivity contribution is 0.195. The fourth-order valence-corrected chi connectivity index (χ4v) is 3.06. The molecule has 0 spiro atoms. The molecule has 1 aromatic heterocycles. The molecule has 15 heavy (non-hydrogen) atoms. The molecule has 0 bridgehead atoms. The van der Waals surface area contributed by atoms with Crippen LogP contribution in [0, 0.1) is 0 Å². The molecular weight excluding hydrogens is 202 g/mol. The van der Waals surface area contributed by atoms with E-state index in [-0.39, 0.29) is 0 Å². The van der Waals surface area contributed by atoms with Gasteiger partial charge < -0.3 is 0 Å². The largest absolute Gasteiger partial charge is 0.296 e. The minimum absolute atomic E-state index is 0.643. The molecule has 0 aliphatic carbocycles. The van der Waals surface area contributed by atoms with Crippen molar-refractivity contribution in [2.45, 2.75) is 46.1 Å². The molecule has 1 unspecified atom stereocenters. The van der Waals surface area contributed by atoms with Crippen LogP contribution in [-0.2, 0) is 0 Å². The van der Waals surface area contributed by atoms with E-state index in [2.05, 4.69) is 43.2 Å². The van der Waals surface area contributed by atoms with Gasteiger partial charge in [0.15, 0.2) is 0 Å². The van der Waals surface area contributed by atoms with Crippen molar-refractivity contribution in [2.75, 3.05) is 13.1 Å². The zero-order valence-electron chi connectivity index (χ0n) is 10.2. The third kappa shape index (κ3) is 3.62. The van der Waals surface area contributed by atoms with Gasteiger partial charge in [0.05, 0.1) is 0 Å². The lowest BCUT2D eigenvalue weighted by atomic mass is 10.1. The van der Waals surface area contributed by atoms with Gasteiger partial charge in [0, 0.05) is 10.9 Å². The molecule has 1 atom stereocenters. The molecule has 86 valence electrons. The highest BCUT2D eigenvalue weighted by Gasteiger charge is 2.17. The summed E-state index contributed by atoms with van der Waals surface area (Å²) < 4.78 is 0. The number of rotatable bonds is 7. The van der Waals surface area contributed by atoms with Crippen LogP contribution in [0.25, 0.3) is 0 Å². The summed E-state index contributed by atoms with van der Waals surface area (Å²) in [6.07, 6.45) is 3.73. The summed E-state index contributed by atoms with van der Waals surface area (Å²) in [6.45, 7) is 9.28. The molecule has 2 heteroatoms. The summed E-state index contributed by atoms with van der Waals surface area (Å²) in [7, 11) is 0. The van der Waals surface area contributed by atoms with E-state index in [1.54, 1.807) is 0 Å². The van der Waals surface area contributed by atoms with Crippen molar-refractivity contribution in [3.63, 3.8) is 0 Å². The Hall–Kier alpha value is -0.340. The van der Waals surface area contributed by atoms with Gasteiger partial charge in [0.2, 0.25) is 0 Å². The molecule has 0 aromatic carbocycles. The molecule has 1 aromatic rings. The van der Waals surface area contributed by atoms with Crippen molar-refractivity contribution in [3.8, 4) is 0 Å². The minimum Gasteiger partial charge on any atom is -0.296 e. The second-order valence-corrected chi connectivity index (χ2v) is 4.95. The Labute approximate surface area is 98.1 Å². The molecule has 1 rings (SSSR count). The number of thiophene rings is 1. The normalized spacial score (nSPS) is 13.3. The first-order valence-corrected chi connectivity index (χ1v) is 6.98. The first-order chi connectivity index (χ1) is 7.33. The van der Waals surface area contributed by atoms with Gasteiger partial charge in [-0.2, -0.15) is 0 Å². The van der Waals surface area contributed by atoms with Gasteiger partial charge in [-0.3, -0.25) is 4.90 Å². The molecule has 0 aliphatic rings. The fourth-order valence-electron chi connectivity index (χ4n) is 2.12. The van der Waals surface area contributed by atoms with E-state index < -0.39 is 0 Å². The average molecular weight is 225 g/mol. The summed E-state index contributed by atoms with van der Waals surface area (Å²) in [5.41, 5.74) is 0. The summed E-state index contributed by atoms with van der Waals surface area (Å²) in [6, 6.07) is 5.08. The third-order valence-electron chi connectivity index (χ3n) is 2.72. The number of hydrogen-bond acceptors (Lipinski definition) is 2. The Morgan fingerprint density at radius 1 is 1.20 bits per heavy atom. The van der Waals surface area contributed by atoms with Crippen molar-refractivity contribution in [3.05, 3.63) is 22.4 Å². The van der Waals surface area contributed by atoms with Crippen LogP contribution in [0.3, 0.4) is 0 Å². The second kappa shape index (κ2) is 7.02. The van der Waals surface area contributed by atoms with Crippen LogP contribution >= 0.6 is 11.3 Å². The van der Waals surface area contributed by atoms with Gasteiger partial charge in [0.25, 0.3) is 0 Å². The molecule has 1 heterocycles. The number of nitrogens with zero attached hydrogens (tertiary/aromatic N) is 1. The predicted octanol–water partition coefficient (Wildman–Crippen LogP) is 4.32. The monoisotopic (exact) mass is 225 g/mol. The van der Waals surface area contributed by atoms with Crippen LogP contribution < -0.4 is 0 Å². The fraction of sp³-hybridized carbons (Fsp3) is 0.692. The highest BCUT2D eigenvalue weighted by Crippen LogP contribution is 2.28. The Morgan fingerprint density at radius 3 is 2.27 bits per heavy atom. The Morgan fingerprint density at radius 2 is 1.87 bits per heavy atom. The maximum Gasteiger partial charge on any atom is 0.0438 e. The van der Waals surface area contributed by atoms with E-state index in [4.69, 9.17) is 0 Å². The first-order valence-electron chi connectivity index (χ1n) is 6.10. The standard InChI is InChI=1S/C13H23NS/c1-4-9-14(10-5-2)12(6-3)13-8-7-11-15-13/h7-8,11-12H,4-6,9-10H2,1-3H3. The molecule has 1 nitrogen and oxygen atoms in total. The van der Waals surface area contributed by atoms with Crippen molar-refractivity contribution < 1.29 is 0 Å². The van der Waals surface area contributed by atoms with Gasteiger partial charge in [-0.25, -0.2) is 0 Å². The zero-order chi connectivity index (χ0) is 11.1. The van der Waals surface area contributed by atoms with Gasteiger partial charge >= 0.3 is 0 Å². The molecule has 0 saturated carbocycles. The maximum atomic E-state index is 2.63. The van der Waals surface area contributed by atoms with Crippen molar-refractivity contribution in [2.24, 2.45) is 0 Å². The van der Waals surface area contributed by atoms with Crippen molar-refractivity contribution in [1.82, 2.24) is 4.90 Å². The lowest BCUT2D eigenvalue weighted by Gasteiger charge is -2.29. The summed E-state index contributed by atoms with van der Waals surface area (Å²) >= 11 is 1.89. The van der Waals surface area contributed by atoms with E-state index in [1.807, 2.05) is 11.3 Å². The average Bonchev–Trinajstić information content (AvgIpc) is 2.73. The smallest absolute Gasteiger partial charge is 0.0438 e. The highest BCUT2D eigenvalue weighted by atomic mass is 32.1. The van der Waals surface area contributed by atoms with Crippen molar-refractivity contribution in [1.29, 1.82) is 0 Å². The molecule has 0 amide bonds. The van der Waals surface area contributed by atoms with E-state index in [0.29, 0.717) is 6.04 Å². The van der Waals surface area contributed by atoms with Crippen LogP contribution in [-0.4, -0.2) is 18.0 Å². The maximum absolute atomic E-state index is 2.63. The molecule has 0 saturated heterocycles. The Bertz CT molecular complexity index is 237. The van der Waals surface area contributed by atoms with Gasteiger partial charge in [-0.05, 0) is 43.8 Å². The van der Waals surface area contributed by atoms with Gasteiger partial charge in [-0.1, -0.05) is 26.8 Å². The van der Waals surface area contributed by atoms with Crippen LogP contribution in [0.15, 0.2) is 17.5 Å². The van der Waals surface area contributed by atoms with E-state index in [1.165, 1.54) is 37.2 Å². The quantitative estimate of drug-likeness (QED) is 0.668. The summed E-state index contributed by atoms with van der Waals surface area (Å²) in [5, 5.41) is 2.19. The number of hydrogen-bond donors (Lipinski definition) is 0. The molecule has 0 fully saturated rings. The SMILES string of the molecule is CCCN(CCC)C(CC)c1cccs1. The van der Waals surface area contributed by atoms with Gasteiger partial charge in [0.1, 0.15) is 0 Å². The van der Waals surface area contributed by atoms with Crippen LogP contribution in [0.5, 0.6) is 0 Å². The molecular formula is C13H23NS. The lowest BCUT2D eigenvalue weighted by Crippen LogP contribution is -2.29. The summed E-state index contributed by atoms with van der Waals surface area (Å²) in [5.74, 6) is 0. The zero-order valence-corrected chi connectivity index (χ0v) is 11.0. The molecule has 0 N–H and O–H groups in total. The molecule has 0 aliphatic heterocycles. The van der Waals surface area contributed by atoms with E-state index in [0.717, 1.165) is 0 Å².